The smallest absolute Gasteiger partial charge is 0.404 e. The van der Waals surface area contributed by atoms with Crippen molar-refractivity contribution in [2.75, 3.05) is 0 Å². The predicted molar refractivity (Wildman–Crippen MR) is 57.0 cm³/mol. The first-order chi connectivity index (χ1) is 6.54. The van der Waals surface area contributed by atoms with Gasteiger partial charge in [0.25, 0.3) is 0 Å². The van der Waals surface area contributed by atoms with Crippen molar-refractivity contribution in [1.29, 1.82) is 0 Å². The van der Waals surface area contributed by atoms with E-state index in [0.717, 1.165) is 22.0 Å². The van der Waals surface area contributed by atoms with Crippen LogP contribution in [0, 0.1) is 6.92 Å². The molecule has 1 aromatic heterocycles. The molecule has 1 atom stereocenters. The fourth-order valence-corrected chi connectivity index (χ4v) is 2.31. The van der Waals surface area contributed by atoms with Gasteiger partial charge in [-0.3, -0.25) is 0 Å². The summed E-state index contributed by atoms with van der Waals surface area (Å²) in [5.41, 5.74) is 0.139. The number of hydrogen-bond donors (Lipinski definition) is 0. The third-order valence-corrected chi connectivity index (χ3v) is 3.37. The van der Waals surface area contributed by atoms with Gasteiger partial charge in [0.05, 0.1) is 15.6 Å². The Balaban J connectivity index is 2.83. The molecule has 5 heteroatoms. The highest BCUT2D eigenvalue weighted by molar-refractivity contribution is 7.11. The van der Waals surface area contributed by atoms with Gasteiger partial charge in [-0.25, -0.2) is 9.78 Å². The van der Waals surface area contributed by atoms with Crippen LogP contribution in [0.3, 0.4) is 0 Å². The van der Waals surface area contributed by atoms with Crippen molar-refractivity contribution >= 4 is 28.4 Å². The van der Waals surface area contributed by atoms with Crippen molar-refractivity contribution in [3.8, 4) is 0 Å². The van der Waals surface area contributed by atoms with E-state index in [-0.39, 0.29) is 6.10 Å². The van der Waals surface area contributed by atoms with E-state index < -0.39 is 5.43 Å². The maximum atomic E-state index is 10.5. The molecule has 0 spiro atoms. The summed E-state index contributed by atoms with van der Waals surface area (Å²) in [7, 11) is 0. The molecule has 14 heavy (non-hydrogen) atoms. The molecule has 0 aromatic carbocycles. The second-order valence-electron chi connectivity index (χ2n) is 2.91. The number of ether oxygens (including phenoxy) is 1. The van der Waals surface area contributed by atoms with Gasteiger partial charge < -0.3 is 4.74 Å². The van der Waals surface area contributed by atoms with Gasteiger partial charge in [-0.2, -0.15) is 0 Å². The van der Waals surface area contributed by atoms with E-state index in [4.69, 9.17) is 16.3 Å². The van der Waals surface area contributed by atoms with Crippen molar-refractivity contribution in [2.24, 2.45) is 0 Å². The van der Waals surface area contributed by atoms with Crippen LogP contribution in [0.4, 0.5) is 4.79 Å². The molecule has 0 bridgehead atoms. The lowest BCUT2D eigenvalue weighted by molar-refractivity contribution is 0.133. The summed E-state index contributed by atoms with van der Waals surface area (Å²) in [6.45, 7) is 5.74. The van der Waals surface area contributed by atoms with Crippen LogP contribution in [0.15, 0.2) is 0 Å². The molecule has 0 fully saturated rings. The molecule has 0 N–H and O–H groups in total. The molecule has 1 heterocycles. The minimum Gasteiger partial charge on any atom is -0.445 e. The molecule has 3 nitrogen and oxygen atoms in total. The Labute approximate surface area is 92.1 Å². The monoisotopic (exact) mass is 233 g/mol. The average Bonchev–Trinajstić information content (AvgIpc) is 2.45. The van der Waals surface area contributed by atoms with Crippen molar-refractivity contribution in [3.63, 3.8) is 0 Å². The maximum absolute atomic E-state index is 10.5. The minimum absolute atomic E-state index is 0.308. The van der Waals surface area contributed by atoms with Crippen LogP contribution in [0.1, 0.15) is 35.5 Å². The van der Waals surface area contributed by atoms with Gasteiger partial charge in [0, 0.05) is 11.6 Å². The molecular formula is C9H12ClNO2S. The molecule has 78 valence electrons. The molecule has 0 saturated carbocycles. The van der Waals surface area contributed by atoms with Gasteiger partial charge in [0.15, 0.2) is 0 Å². The fourth-order valence-electron chi connectivity index (χ4n) is 1.19. The quantitative estimate of drug-likeness (QED) is 0.751. The third kappa shape index (κ3) is 2.69. The van der Waals surface area contributed by atoms with Gasteiger partial charge >= 0.3 is 5.43 Å². The molecule has 0 aliphatic heterocycles. The van der Waals surface area contributed by atoms with E-state index in [1.54, 1.807) is 18.3 Å². The van der Waals surface area contributed by atoms with Crippen LogP contribution in [-0.2, 0) is 11.2 Å². The van der Waals surface area contributed by atoms with Gasteiger partial charge in [0.1, 0.15) is 6.10 Å². The summed E-state index contributed by atoms with van der Waals surface area (Å²) >= 11 is 6.70. The van der Waals surface area contributed by atoms with Gasteiger partial charge in [-0.05, 0) is 20.3 Å². The zero-order chi connectivity index (χ0) is 10.7. The average molecular weight is 234 g/mol. The van der Waals surface area contributed by atoms with Gasteiger partial charge in [-0.1, -0.05) is 6.92 Å². The summed E-state index contributed by atoms with van der Waals surface area (Å²) in [6.07, 6.45) is 0.588. The Morgan fingerprint density at radius 3 is 2.79 bits per heavy atom. The van der Waals surface area contributed by atoms with Crippen LogP contribution in [0.25, 0.3) is 0 Å². The van der Waals surface area contributed by atoms with Crippen molar-refractivity contribution < 1.29 is 9.53 Å². The Hall–Kier alpha value is -0.610. The number of halogens is 1. The lowest BCUT2D eigenvalue weighted by Crippen LogP contribution is -2.01. The molecule has 0 aliphatic carbocycles. The number of carbonyl (C=O) groups is 1. The van der Waals surface area contributed by atoms with Crippen molar-refractivity contribution in [1.82, 2.24) is 4.98 Å². The largest absolute Gasteiger partial charge is 0.445 e. The zero-order valence-electron chi connectivity index (χ0n) is 8.33. The number of rotatable bonds is 3. The van der Waals surface area contributed by atoms with E-state index >= 15 is 0 Å². The number of nitrogens with zero attached hydrogens (tertiary/aromatic N) is 1. The first-order valence-corrected chi connectivity index (χ1v) is 5.56. The molecular weight excluding hydrogens is 222 g/mol. The topological polar surface area (TPSA) is 39.2 Å². The van der Waals surface area contributed by atoms with Crippen LogP contribution < -0.4 is 0 Å². The first kappa shape index (κ1) is 11.5. The highest BCUT2D eigenvalue weighted by atomic mass is 35.5. The van der Waals surface area contributed by atoms with E-state index in [0.29, 0.717) is 0 Å². The number of aromatic nitrogens is 1. The van der Waals surface area contributed by atoms with Crippen molar-refractivity contribution in [3.05, 3.63) is 15.6 Å². The summed E-state index contributed by atoms with van der Waals surface area (Å²) in [5, 5.41) is 1.05. The summed E-state index contributed by atoms with van der Waals surface area (Å²) in [4.78, 5) is 15.9. The van der Waals surface area contributed by atoms with Crippen LogP contribution in [0.2, 0.25) is 0 Å². The highest BCUT2D eigenvalue weighted by Crippen LogP contribution is 2.28. The highest BCUT2D eigenvalue weighted by Gasteiger charge is 2.16. The predicted octanol–water partition coefficient (Wildman–Crippen LogP) is 3.45. The number of aryl methyl sites for hydroxylation is 2. The van der Waals surface area contributed by atoms with Gasteiger partial charge in [0.2, 0.25) is 0 Å². The lowest BCUT2D eigenvalue weighted by Gasteiger charge is -2.08. The molecule has 0 amide bonds. The van der Waals surface area contributed by atoms with Gasteiger partial charge in [-0.15, -0.1) is 11.3 Å². The van der Waals surface area contributed by atoms with Crippen molar-refractivity contribution in [2.45, 2.75) is 33.3 Å². The number of hydrogen-bond acceptors (Lipinski definition) is 4. The summed E-state index contributed by atoms with van der Waals surface area (Å²) < 4.78 is 4.87. The third-order valence-electron chi connectivity index (χ3n) is 1.82. The molecule has 1 rings (SSSR count). The Kier molecular flexibility index (Phi) is 3.89. The first-order valence-electron chi connectivity index (χ1n) is 4.37. The SMILES string of the molecule is CCc1nc(C)c(C(C)OC(=O)Cl)s1. The molecule has 1 aromatic rings. The number of carbonyl (C=O) groups excluding carboxylic acids is 1. The second-order valence-corrected chi connectivity index (χ2v) is 4.33. The Morgan fingerprint density at radius 1 is 1.71 bits per heavy atom. The molecule has 0 saturated heterocycles. The lowest BCUT2D eigenvalue weighted by atomic mass is 10.3. The maximum Gasteiger partial charge on any atom is 0.404 e. The number of thiazole rings is 1. The Morgan fingerprint density at radius 2 is 2.36 bits per heavy atom. The van der Waals surface area contributed by atoms with E-state index in [1.807, 2.05) is 13.8 Å². The molecule has 1 unspecified atom stereocenters. The molecule has 0 radical (unpaired) electrons. The zero-order valence-corrected chi connectivity index (χ0v) is 9.91. The molecule has 0 aliphatic rings. The summed E-state index contributed by atoms with van der Waals surface area (Å²) in [5.74, 6) is 0. The normalized spacial score (nSPS) is 12.6. The van der Waals surface area contributed by atoms with E-state index in [9.17, 15) is 4.79 Å². The fraction of sp³-hybridized carbons (Fsp3) is 0.556. The van der Waals surface area contributed by atoms with Crippen LogP contribution in [-0.4, -0.2) is 10.4 Å². The minimum atomic E-state index is -0.775. The Bertz CT molecular complexity index is 338. The van der Waals surface area contributed by atoms with E-state index in [1.165, 1.54) is 0 Å². The summed E-state index contributed by atoms with van der Waals surface area (Å²) in [6, 6.07) is 0. The second kappa shape index (κ2) is 4.75. The van der Waals surface area contributed by atoms with E-state index in [2.05, 4.69) is 4.98 Å². The standard InChI is InChI=1S/C9H12ClNO2S/c1-4-7-11-5(2)8(14-7)6(3)13-9(10)12/h6H,4H2,1-3H3. The van der Waals surface area contributed by atoms with Crippen LogP contribution >= 0.6 is 22.9 Å². The van der Waals surface area contributed by atoms with Crippen LogP contribution in [0.5, 0.6) is 0 Å².